The molecule has 1 aliphatic heterocycles. The standard InChI is InChI=1S/C26H21NO4/c1-3-30-19-13-11-17(12-14-19)23-22-24(28)20-9-4-5-10-21(20)31-25(22)26(29)27(23)18-8-6-7-16(2)15-18/h4-15,23H,3H2,1-2H3. The Balaban J connectivity index is 1.76. The van der Waals surface area contributed by atoms with Crippen molar-refractivity contribution < 1.29 is 13.9 Å². The van der Waals surface area contributed by atoms with E-state index in [0.717, 1.165) is 22.6 Å². The van der Waals surface area contributed by atoms with Gasteiger partial charge in [-0.05, 0) is 61.4 Å². The third-order valence-corrected chi connectivity index (χ3v) is 5.56. The van der Waals surface area contributed by atoms with Crippen molar-refractivity contribution in [3.63, 3.8) is 0 Å². The number of amides is 1. The van der Waals surface area contributed by atoms with E-state index in [9.17, 15) is 9.59 Å². The van der Waals surface area contributed by atoms with Crippen LogP contribution in [0.3, 0.4) is 0 Å². The van der Waals surface area contributed by atoms with Gasteiger partial charge in [-0.2, -0.15) is 0 Å². The average molecular weight is 411 g/mol. The highest BCUT2D eigenvalue weighted by Gasteiger charge is 2.43. The molecule has 3 aromatic carbocycles. The molecular weight excluding hydrogens is 390 g/mol. The maximum atomic E-state index is 13.5. The number of hydrogen-bond acceptors (Lipinski definition) is 4. The lowest BCUT2D eigenvalue weighted by atomic mass is 9.98. The van der Waals surface area contributed by atoms with Crippen LogP contribution >= 0.6 is 0 Å². The number of para-hydroxylation sites is 1. The Kier molecular flexibility index (Phi) is 4.59. The topological polar surface area (TPSA) is 59.8 Å². The third-order valence-electron chi connectivity index (χ3n) is 5.56. The number of carbonyl (C=O) groups is 1. The Labute approximate surface area is 179 Å². The van der Waals surface area contributed by atoms with Gasteiger partial charge in [0.15, 0.2) is 5.43 Å². The fourth-order valence-electron chi connectivity index (χ4n) is 4.19. The van der Waals surface area contributed by atoms with Gasteiger partial charge in [0.25, 0.3) is 5.91 Å². The molecule has 1 aromatic heterocycles. The quantitative estimate of drug-likeness (QED) is 0.460. The Morgan fingerprint density at radius 1 is 0.968 bits per heavy atom. The Hall–Kier alpha value is -3.86. The summed E-state index contributed by atoms with van der Waals surface area (Å²) >= 11 is 0. The summed E-state index contributed by atoms with van der Waals surface area (Å²) in [7, 11) is 0. The Morgan fingerprint density at radius 2 is 1.74 bits per heavy atom. The van der Waals surface area contributed by atoms with Crippen molar-refractivity contribution in [2.75, 3.05) is 11.5 Å². The van der Waals surface area contributed by atoms with Crippen LogP contribution in [0.25, 0.3) is 11.0 Å². The molecule has 0 fully saturated rings. The number of carbonyl (C=O) groups excluding carboxylic acids is 1. The molecule has 31 heavy (non-hydrogen) atoms. The average Bonchev–Trinajstić information content (AvgIpc) is 3.07. The summed E-state index contributed by atoms with van der Waals surface area (Å²) in [5, 5.41) is 0.469. The lowest BCUT2D eigenvalue weighted by Crippen LogP contribution is -2.29. The molecular formula is C26H21NO4. The number of fused-ring (bicyclic) bond motifs is 2. The van der Waals surface area contributed by atoms with Crippen LogP contribution in [0.15, 0.2) is 82.0 Å². The van der Waals surface area contributed by atoms with Crippen LogP contribution in [0.1, 0.15) is 40.2 Å². The lowest BCUT2D eigenvalue weighted by Gasteiger charge is -2.25. The molecule has 0 radical (unpaired) electrons. The van der Waals surface area contributed by atoms with Gasteiger partial charge in [0.2, 0.25) is 5.76 Å². The molecule has 1 amide bonds. The van der Waals surface area contributed by atoms with E-state index in [-0.39, 0.29) is 17.1 Å². The summed E-state index contributed by atoms with van der Waals surface area (Å²) in [6.07, 6.45) is 0. The molecule has 5 heteroatoms. The van der Waals surface area contributed by atoms with E-state index in [1.807, 2.05) is 62.4 Å². The number of ether oxygens (including phenoxy) is 1. The number of aryl methyl sites for hydroxylation is 1. The number of anilines is 1. The van der Waals surface area contributed by atoms with Gasteiger partial charge in [-0.3, -0.25) is 14.5 Å². The summed E-state index contributed by atoms with van der Waals surface area (Å²) in [6, 6.07) is 21.7. The first-order valence-electron chi connectivity index (χ1n) is 10.3. The van der Waals surface area contributed by atoms with Crippen LogP contribution in [0.2, 0.25) is 0 Å². The molecule has 1 unspecified atom stereocenters. The molecule has 154 valence electrons. The minimum Gasteiger partial charge on any atom is -0.494 e. The van der Waals surface area contributed by atoms with E-state index in [0.29, 0.717) is 23.1 Å². The van der Waals surface area contributed by atoms with Crippen molar-refractivity contribution in [2.24, 2.45) is 0 Å². The minimum atomic E-state index is -0.583. The van der Waals surface area contributed by atoms with Gasteiger partial charge in [-0.1, -0.05) is 36.4 Å². The van der Waals surface area contributed by atoms with Crippen LogP contribution in [0.5, 0.6) is 5.75 Å². The van der Waals surface area contributed by atoms with Crippen LogP contribution < -0.4 is 15.1 Å². The zero-order chi connectivity index (χ0) is 21.5. The molecule has 0 N–H and O–H groups in total. The van der Waals surface area contributed by atoms with Gasteiger partial charge in [0, 0.05) is 5.69 Å². The summed E-state index contributed by atoms with van der Waals surface area (Å²) in [5.74, 6) is 0.523. The zero-order valence-corrected chi connectivity index (χ0v) is 17.3. The highest BCUT2D eigenvalue weighted by Crippen LogP contribution is 2.41. The second-order valence-corrected chi connectivity index (χ2v) is 7.59. The lowest BCUT2D eigenvalue weighted by molar-refractivity contribution is 0.0971. The molecule has 0 spiro atoms. The SMILES string of the molecule is CCOc1ccc(C2c3c(oc4ccccc4c3=O)C(=O)N2c2cccc(C)c2)cc1. The summed E-state index contributed by atoms with van der Waals surface area (Å²) in [6.45, 7) is 4.46. The highest BCUT2D eigenvalue weighted by atomic mass is 16.5. The number of hydrogen-bond donors (Lipinski definition) is 0. The van der Waals surface area contributed by atoms with E-state index < -0.39 is 6.04 Å². The van der Waals surface area contributed by atoms with Gasteiger partial charge in [0.05, 0.1) is 23.6 Å². The van der Waals surface area contributed by atoms with Crippen molar-refractivity contribution in [2.45, 2.75) is 19.9 Å². The maximum Gasteiger partial charge on any atom is 0.295 e. The predicted molar refractivity (Wildman–Crippen MR) is 120 cm³/mol. The Morgan fingerprint density at radius 3 is 2.48 bits per heavy atom. The fraction of sp³-hybridized carbons (Fsp3) is 0.154. The number of nitrogens with zero attached hydrogens (tertiary/aromatic N) is 1. The molecule has 5 nitrogen and oxygen atoms in total. The van der Waals surface area contributed by atoms with Crippen molar-refractivity contribution in [1.29, 1.82) is 0 Å². The molecule has 0 aliphatic carbocycles. The molecule has 1 aliphatic rings. The second kappa shape index (κ2) is 7.43. The first kappa shape index (κ1) is 19.1. The minimum absolute atomic E-state index is 0.101. The molecule has 0 bridgehead atoms. The van der Waals surface area contributed by atoms with Crippen molar-refractivity contribution in [3.05, 3.63) is 105 Å². The smallest absolute Gasteiger partial charge is 0.295 e. The van der Waals surface area contributed by atoms with E-state index in [1.165, 1.54) is 0 Å². The third kappa shape index (κ3) is 3.10. The summed E-state index contributed by atoms with van der Waals surface area (Å²) in [5.41, 5.74) is 3.17. The van der Waals surface area contributed by atoms with Crippen molar-refractivity contribution in [3.8, 4) is 5.75 Å². The van der Waals surface area contributed by atoms with Gasteiger partial charge in [-0.25, -0.2) is 0 Å². The van der Waals surface area contributed by atoms with Crippen LogP contribution in [-0.2, 0) is 0 Å². The van der Waals surface area contributed by atoms with Gasteiger partial charge in [-0.15, -0.1) is 0 Å². The second-order valence-electron chi connectivity index (χ2n) is 7.59. The largest absolute Gasteiger partial charge is 0.494 e. The van der Waals surface area contributed by atoms with Crippen molar-refractivity contribution >= 4 is 22.6 Å². The summed E-state index contributed by atoms with van der Waals surface area (Å²) < 4.78 is 11.5. The van der Waals surface area contributed by atoms with Gasteiger partial charge >= 0.3 is 0 Å². The molecule has 5 rings (SSSR count). The van der Waals surface area contributed by atoms with Crippen LogP contribution in [-0.4, -0.2) is 12.5 Å². The monoisotopic (exact) mass is 411 g/mol. The maximum absolute atomic E-state index is 13.5. The first-order chi connectivity index (χ1) is 15.1. The molecule has 4 aromatic rings. The van der Waals surface area contributed by atoms with Crippen molar-refractivity contribution in [1.82, 2.24) is 0 Å². The molecule has 0 saturated carbocycles. The number of rotatable bonds is 4. The van der Waals surface area contributed by atoms with Crippen LogP contribution in [0.4, 0.5) is 5.69 Å². The molecule has 1 atom stereocenters. The number of benzene rings is 3. The van der Waals surface area contributed by atoms with E-state index in [1.54, 1.807) is 29.2 Å². The zero-order valence-electron chi connectivity index (χ0n) is 17.3. The van der Waals surface area contributed by atoms with Gasteiger partial charge < -0.3 is 9.15 Å². The first-order valence-corrected chi connectivity index (χ1v) is 10.3. The van der Waals surface area contributed by atoms with E-state index in [2.05, 4.69) is 0 Å². The predicted octanol–water partition coefficient (Wildman–Crippen LogP) is 5.25. The molecule has 2 heterocycles. The van der Waals surface area contributed by atoms with Gasteiger partial charge in [0.1, 0.15) is 11.3 Å². The highest BCUT2D eigenvalue weighted by molar-refractivity contribution is 6.10. The molecule has 0 saturated heterocycles. The fourth-order valence-corrected chi connectivity index (χ4v) is 4.19. The Bertz CT molecular complexity index is 1350. The van der Waals surface area contributed by atoms with E-state index >= 15 is 0 Å². The normalized spacial score (nSPS) is 15.4. The summed E-state index contributed by atoms with van der Waals surface area (Å²) in [4.78, 5) is 28.7. The van der Waals surface area contributed by atoms with E-state index in [4.69, 9.17) is 9.15 Å². The van der Waals surface area contributed by atoms with Crippen LogP contribution in [0, 0.1) is 6.92 Å².